The Morgan fingerprint density at radius 3 is 2.87 bits per heavy atom. The van der Waals surface area contributed by atoms with E-state index in [4.69, 9.17) is 0 Å². The topological polar surface area (TPSA) is 30.0 Å². The third kappa shape index (κ3) is 3.42. The van der Waals surface area contributed by atoms with E-state index < -0.39 is 0 Å². The number of nitrogens with zero attached hydrogens (tertiary/aromatic N) is 1. The van der Waals surface area contributed by atoms with Crippen molar-refractivity contribution in [1.82, 2.24) is 4.98 Å². The van der Waals surface area contributed by atoms with Crippen LogP contribution in [0.5, 0.6) is 0 Å². The van der Waals surface area contributed by atoms with Gasteiger partial charge in [0.15, 0.2) is 0 Å². The molecule has 1 aromatic rings. The first-order valence-electron chi connectivity index (χ1n) is 5.74. The molecular weight excluding hydrogens is 206 g/mol. The number of carbonyl (C=O) groups is 1. The van der Waals surface area contributed by atoms with Crippen molar-refractivity contribution in [2.75, 3.05) is 0 Å². The van der Waals surface area contributed by atoms with E-state index in [1.165, 1.54) is 32.1 Å². The molecule has 1 heterocycles. The zero-order valence-corrected chi connectivity index (χ0v) is 9.76. The van der Waals surface area contributed by atoms with Crippen LogP contribution in [-0.4, -0.2) is 10.8 Å². The maximum absolute atomic E-state index is 11.7. The molecule has 0 amide bonds. The van der Waals surface area contributed by atoms with Gasteiger partial charge in [-0.3, -0.25) is 4.79 Å². The standard InChI is InChI=1S/C12H17NOS/c14-11(9-12-13-6-7-15-12)8-10-4-2-1-3-5-10/h6-7,10H,1-5,8-9H2. The molecule has 1 aromatic heterocycles. The minimum absolute atomic E-state index is 0.372. The molecule has 0 radical (unpaired) electrons. The van der Waals surface area contributed by atoms with Crippen LogP contribution in [0.15, 0.2) is 11.6 Å². The van der Waals surface area contributed by atoms with E-state index in [1.54, 1.807) is 17.5 Å². The molecule has 1 saturated carbocycles. The monoisotopic (exact) mass is 223 g/mol. The normalized spacial score (nSPS) is 17.9. The Hall–Kier alpha value is -0.700. The third-order valence-electron chi connectivity index (χ3n) is 3.07. The minimum Gasteiger partial charge on any atom is -0.299 e. The summed E-state index contributed by atoms with van der Waals surface area (Å²) < 4.78 is 0. The molecule has 1 aliphatic carbocycles. The molecular formula is C12H17NOS. The predicted molar refractivity (Wildman–Crippen MR) is 62.0 cm³/mol. The Morgan fingerprint density at radius 1 is 1.40 bits per heavy atom. The molecule has 0 atom stereocenters. The van der Waals surface area contributed by atoms with E-state index in [2.05, 4.69) is 4.98 Å². The summed E-state index contributed by atoms with van der Waals surface area (Å²) in [6.45, 7) is 0. The van der Waals surface area contributed by atoms with Gasteiger partial charge >= 0.3 is 0 Å². The number of thiazole rings is 1. The lowest BCUT2D eigenvalue weighted by Gasteiger charge is -2.20. The first kappa shape index (κ1) is 10.8. The summed E-state index contributed by atoms with van der Waals surface area (Å²) in [7, 11) is 0. The lowest BCUT2D eigenvalue weighted by molar-refractivity contribution is -0.119. The van der Waals surface area contributed by atoms with Crippen LogP contribution in [0.4, 0.5) is 0 Å². The van der Waals surface area contributed by atoms with Crippen molar-refractivity contribution in [2.24, 2.45) is 5.92 Å². The fourth-order valence-electron chi connectivity index (χ4n) is 2.29. The summed E-state index contributed by atoms with van der Waals surface area (Å²) in [4.78, 5) is 15.9. The maximum Gasteiger partial charge on any atom is 0.139 e. The molecule has 0 bridgehead atoms. The van der Waals surface area contributed by atoms with Crippen LogP contribution >= 0.6 is 11.3 Å². The van der Waals surface area contributed by atoms with E-state index in [0.717, 1.165) is 11.4 Å². The van der Waals surface area contributed by atoms with Crippen LogP contribution in [-0.2, 0) is 11.2 Å². The fraction of sp³-hybridized carbons (Fsp3) is 0.667. The van der Waals surface area contributed by atoms with Crippen molar-refractivity contribution >= 4 is 17.1 Å². The minimum atomic E-state index is 0.372. The third-order valence-corrected chi connectivity index (χ3v) is 3.85. The summed E-state index contributed by atoms with van der Waals surface area (Å²) >= 11 is 1.58. The second-order valence-electron chi connectivity index (χ2n) is 4.35. The smallest absolute Gasteiger partial charge is 0.139 e. The van der Waals surface area contributed by atoms with Gasteiger partial charge in [-0.1, -0.05) is 32.1 Å². The SMILES string of the molecule is O=C(Cc1nccs1)CC1CCCCC1. The molecule has 0 spiro atoms. The van der Waals surface area contributed by atoms with Crippen molar-refractivity contribution in [1.29, 1.82) is 0 Å². The van der Waals surface area contributed by atoms with Gasteiger partial charge in [-0.05, 0) is 5.92 Å². The van der Waals surface area contributed by atoms with E-state index >= 15 is 0 Å². The first-order chi connectivity index (χ1) is 7.34. The Balaban J connectivity index is 1.76. The summed E-state index contributed by atoms with van der Waals surface area (Å²) in [6, 6.07) is 0. The van der Waals surface area contributed by atoms with Crippen LogP contribution in [0.25, 0.3) is 0 Å². The van der Waals surface area contributed by atoms with Gasteiger partial charge in [0, 0.05) is 18.0 Å². The zero-order valence-electron chi connectivity index (χ0n) is 8.95. The van der Waals surface area contributed by atoms with E-state index in [-0.39, 0.29) is 0 Å². The van der Waals surface area contributed by atoms with Gasteiger partial charge in [0.1, 0.15) is 5.78 Å². The Labute approximate surface area is 94.7 Å². The Bertz CT molecular complexity index is 301. The molecule has 0 unspecified atom stereocenters. The van der Waals surface area contributed by atoms with Gasteiger partial charge in [-0.25, -0.2) is 4.98 Å². The number of ketones is 1. The molecule has 1 fully saturated rings. The summed E-state index contributed by atoms with van der Waals surface area (Å²) in [5.74, 6) is 1.03. The van der Waals surface area contributed by atoms with Crippen LogP contribution in [0.2, 0.25) is 0 Å². The Morgan fingerprint density at radius 2 is 2.20 bits per heavy atom. The molecule has 0 N–H and O–H groups in total. The van der Waals surface area contributed by atoms with Crippen LogP contribution in [0.3, 0.4) is 0 Å². The number of Topliss-reactive ketones (excluding diaryl/α,β-unsaturated/α-hetero) is 1. The highest BCUT2D eigenvalue weighted by molar-refractivity contribution is 7.09. The summed E-state index contributed by atoms with van der Waals surface area (Å²) in [5.41, 5.74) is 0. The van der Waals surface area contributed by atoms with Gasteiger partial charge in [-0.2, -0.15) is 0 Å². The van der Waals surface area contributed by atoms with Gasteiger partial charge in [0.05, 0.1) is 11.4 Å². The Kier molecular flexibility index (Phi) is 3.89. The maximum atomic E-state index is 11.7. The largest absolute Gasteiger partial charge is 0.299 e. The van der Waals surface area contributed by atoms with E-state index in [0.29, 0.717) is 18.1 Å². The van der Waals surface area contributed by atoms with Crippen LogP contribution < -0.4 is 0 Å². The highest BCUT2D eigenvalue weighted by atomic mass is 32.1. The van der Waals surface area contributed by atoms with Crippen molar-refractivity contribution in [3.8, 4) is 0 Å². The quantitative estimate of drug-likeness (QED) is 0.784. The van der Waals surface area contributed by atoms with Crippen molar-refractivity contribution in [2.45, 2.75) is 44.9 Å². The molecule has 3 heteroatoms. The van der Waals surface area contributed by atoms with Crippen molar-refractivity contribution < 1.29 is 4.79 Å². The fourth-order valence-corrected chi connectivity index (χ4v) is 2.94. The van der Waals surface area contributed by atoms with Crippen LogP contribution in [0, 0.1) is 5.92 Å². The molecule has 2 nitrogen and oxygen atoms in total. The first-order valence-corrected chi connectivity index (χ1v) is 6.62. The van der Waals surface area contributed by atoms with Crippen LogP contribution in [0.1, 0.15) is 43.5 Å². The molecule has 1 aliphatic rings. The van der Waals surface area contributed by atoms with Gasteiger partial charge in [0.25, 0.3) is 0 Å². The summed E-state index contributed by atoms with van der Waals surface area (Å²) in [5, 5.41) is 2.90. The number of aromatic nitrogens is 1. The van der Waals surface area contributed by atoms with Gasteiger partial charge in [-0.15, -0.1) is 11.3 Å². The molecule has 82 valence electrons. The molecule has 0 saturated heterocycles. The summed E-state index contributed by atoms with van der Waals surface area (Å²) in [6.07, 6.45) is 9.59. The second kappa shape index (κ2) is 5.40. The number of hydrogen-bond acceptors (Lipinski definition) is 3. The highest BCUT2D eigenvalue weighted by Gasteiger charge is 2.17. The van der Waals surface area contributed by atoms with Gasteiger partial charge < -0.3 is 0 Å². The average Bonchev–Trinajstić information content (AvgIpc) is 2.71. The van der Waals surface area contributed by atoms with E-state index in [1.807, 2.05) is 5.38 Å². The number of hydrogen-bond donors (Lipinski definition) is 0. The highest BCUT2D eigenvalue weighted by Crippen LogP contribution is 2.26. The lowest BCUT2D eigenvalue weighted by Crippen LogP contribution is -2.13. The molecule has 2 rings (SSSR count). The number of carbonyl (C=O) groups excluding carboxylic acids is 1. The van der Waals surface area contributed by atoms with Gasteiger partial charge in [0.2, 0.25) is 0 Å². The van der Waals surface area contributed by atoms with Crippen molar-refractivity contribution in [3.05, 3.63) is 16.6 Å². The van der Waals surface area contributed by atoms with E-state index in [9.17, 15) is 4.79 Å². The van der Waals surface area contributed by atoms with Crippen molar-refractivity contribution in [3.63, 3.8) is 0 Å². The zero-order chi connectivity index (χ0) is 10.5. The average molecular weight is 223 g/mol. The number of rotatable bonds is 4. The molecule has 15 heavy (non-hydrogen) atoms. The predicted octanol–water partition coefficient (Wildman–Crippen LogP) is 3.23. The molecule has 0 aromatic carbocycles. The second-order valence-corrected chi connectivity index (χ2v) is 5.33. The molecule has 0 aliphatic heterocycles. The lowest BCUT2D eigenvalue weighted by atomic mass is 9.85.